The highest BCUT2D eigenvalue weighted by Crippen LogP contribution is 2.28. The van der Waals surface area contributed by atoms with Gasteiger partial charge in [-0.3, -0.25) is 10.2 Å². The Morgan fingerprint density at radius 2 is 1.56 bits per heavy atom. The lowest BCUT2D eigenvalue weighted by Gasteiger charge is -2.08. The molecule has 0 aliphatic heterocycles. The van der Waals surface area contributed by atoms with Crippen molar-refractivity contribution in [3.8, 4) is 11.5 Å². The fraction of sp³-hybridized carbons (Fsp3) is 0.0625. The molecule has 0 saturated heterocycles. The molecule has 0 heterocycles. The van der Waals surface area contributed by atoms with Gasteiger partial charge in [0.2, 0.25) is 0 Å². The molecule has 8 nitrogen and oxygen atoms in total. The van der Waals surface area contributed by atoms with Crippen molar-refractivity contribution in [2.75, 3.05) is 5.32 Å². The molecule has 0 unspecified atom stereocenters. The van der Waals surface area contributed by atoms with Crippen molar-refractivity contribution >= 4 is 23.4 Å². The van der Waals surface area contributed by atoms with Crippen molar-refractivity contribution in [3.05, 3.63) is 53.6 Å². The Labute approximate surface area is 150 Å². The number of carbonyl (C=O) groups is 2. The topological polar surface area (TPSA) is 157 Å². The maximum absolute atomic E-state index is 12.0. The molecule has 0 aliphatic rings. The molecule has 144 valence electrons. The van der Waals surface area contributed by atoms with E-state index in [9.17, 15) is 28.2 Å². The van der Waals surface area contributed by atoms with Crippen molar-refractivity contribution in [3.63, 3.8) is 0 Å². The summed E-state index contributed by atoms with van der Waals surface area (Å²) in [5.74, 6) is -4.19. The first-order chi connectivity index (χ1) is 12.4. The van der Waals surface area contributed by atoms with Gasteiger partial charge in [0.15, 0.2) is 11.5 Å². The van der Waals surface area contributed by atoms with Gasteiger partial charge in [-0.25, -0.2) is 4.79 Å². The number of nitrogens with one attached hydrogen (secondary N) is 2. The first kappa shape index (κ1) is 21.3. The number of carboxylic acids is 1. The van der Waals surface area contributed by atoms with Crippen LogP contribution < -0.4 is 11.1 Å². The summed E-state index contributed by atoms with van der Waals surface area (Å²) in [6, 6.07) is 10.5. The molecule has 2 rings (SSSR count). The predicted octanol–water partition coefficient (Wildman–Crippen LogP) is 2.27. The van der Waals surface area contributed by atoms with Crippen LogP contribution in [0.2, 0.25) is 0 Å². The molecule has 0 bridgehead atoms. The lowest BCUT2D eigenvalue weighted by atomic mass is 10.1. The second-order valence-corrected chi connectivity index (χ2v) is 4.92. The minimum absolute atomic E-state index is 0.0272. The van der Waals surface area contributed by atoms with Crippen LogP contribution in [0.4, 0.5) is 18.9 Å². The lowest BCUT2D eigenvalue weighted by molar-refractivity contribution is -0.192. The number of phenolic OH excluding ortho intramolecular Hbond substituents is 2. The number of halogens is 3. The number of aliphatic carboxylic acids is 1. The van der Waals surface area contributed by atoms with Crippen LogP contribution >= 0.6 is 0 Å². The van der Waals surface area contributed by atoms with Crippen LogP contribution in [0.5, 0.6) is 11.5 Å². The van der Waals surface area contributed by atoms with Gasteiger partial charge in [0, 0.05) is 11.3 Å². The number of para-hydroxylation sites is 1. The van der Waals surface area contributed by atoms with Crippen LogP contribution in [-0.4, -0.2) is 39.2 Å². The van der Waals surface area contributed by atoms with E-state index >= 15 is 0 Å². The zero-order chi connectivity index (χ0) is 20.8. The second kappa shape index (κ2) is 8.56. The molecule has 1 amide bonds. The Morgan fingerprint density at radius 3 is 2.00 bits per heavy atom. The third-order valence-electron chi connectivity index (χ3n) is 2.96. The summed E-state index contributed by atoms with van der Waals surface area (Å²) in [4.78, 5) is 20.9. The molecule has 27 heavy (non-hydrogen) atoms. The number of benzene rings is 2. The number of nitrogens with two attached hydrogens (primary N) is 1. The molecule has 0 fully saturated rings. The minimum atomic E-state index is -5.08. The van der Waals surface area contributed by atoms with Gasteiger partial charge in [0.1, 0.15) is 5.84 Å². The van der Waals surface area contributed by atoms with E-state index in [0.29, 0.717) is 11.3 Å². The van der Waals surface area contributed by atoms with E-state index in [-0.39, 0.29) is 17.1 Å². The minimum Gasteiger partial charge on any atom is -0.504 e. The summed E-state index contributed by atoms with van der Waals surface area (Å²) in [6.07, 6.45) is -5.08. The van der Waals surface area contributed by atoms with E-state index in [1.54, 1.807) is 24.3 Å². The molecule has 2 aromatic carbocycles. The van der Waals surface area contributed by atoms with Gasteiger partial charge in [-0.1, -0.05) is 6.07 Å². The zero-order valence-electron chi connectivity index (χ0n) is 13.4. The van der Waals surface area contributed by atoms with E-state index in [0.717, 1.165) is 0 Å². The van der Waals surface area contributed by atoms with Gasteiger partial charge < -0.3 is 26.4 Å². The molecular weight excluding hydrogens is 371 g/mol. The van der Waals surface area contributed by atoms with Crippen LogP contribution in [0.25, 0.3) is 0 Å². The maximum Gasteiger partial charge on any atom is 0.490 e. The molecule has 0 aliphatic carbocycles. The predicted molar refractivity (Wildman–Crippen MR) is 88.9 cm³/mol. The van der Waals surface area contributed by atoms with Gasteiger partial charge in [-0.15, -0.1) is 0 Å². The zero-order valence-corrected chi connectivity index (χ0v) is 13.4. The molecule has 0 atom stereocenters. The number of phenols is 2. The van der Waals surface area contributed by atoms with Gasteiger partial charge >= 0.3 is 12.1 Å². The molecular formula is C16H14F3N3O5. The monoisotopic (exact) mass is 385 g/mol. The van der Waals surface area contributed by atoms with Crippen LogP contribution in [0.15, 0.2) is 42.5 Å². The molecule has 0 aromatic heterocycles. The summed E-state index contributed by atoms with van der Waals surface area (Å²) in [5.41, 5.74) is 6.33. The van der Waals surface area contributed by atoms with E-state index in [1.165, 1.54) is 18.2 Å². The average Bonchev–Trinajstić information content (AvgIpc) is 2.57. The van der Waals surface area contributed by atoms with E-state index < -0.39 is 23.8 Å². The number of amides is 1. The number of amidine groups is 1. The number of aromatic hydroxyl groups is 2. The highest BCUT2D eigenvalue weighted by molar-refractivity contribution is 6.06. The number of anilines is 1. The Kier molecular flexibility index (Phi) is 6.75. The number of rotatable bonds is 3. The first-order valence-electron chi connectivity index (χ1n) is 7.00. The number of alkyl halides is 3. The lowest BCUT2D eigenvalue weighted by Crippen LogP contribution is -2.21. The van der Waals surface area contributed by atoms with Crippen LogP contribution in [0.3, 0.4) is 0 Å². The summed E-state index contributed by atoms with van der Waals surface area (Å²) in [5, 5.41) is 35.9. The van der Waals surface area contributed by atoms with Crippen LogP contribution in [0.1, 0.15) is 15.9 Å². The first-order valence-corrected chi connectivity index (χ1v) is 7.00. The van der Waals surface area contributed by atoms with Gasteiger partial charge in [-0.2, -0.15) is 13.2 Å². The van der Waals surface area contributed by atoms with Crippen molar-refractivity contribution < 1.29 is 38.1 Å². The molecule has 0 radical (unpaired) electrons. The summed E-state index contributed by atoms with van der Waals surface area (Å²) < 4.78 is 31.7. The number of carbonyl (C=O) groups excluding carboxylic acids is 1. The number of hydrogen-bond donors (Lipinski definition) is 6. The maximum atomic E-state index is 12.0. The quantitative estimate of drug-likeness (QED) is 0.270. The van der Waals surface area contributed by atoms with Crippen molar-refractivity contribution in [1.29, 1.82) is 5.41 Å². The fourth-order valence-electron chi connectivity index (χ4n) is 1.65. The highest BCUT2D eigenvalue weighted by atomic mass is 19.4. The fourth-order valence-corrected chi connectivity index (χ4v) is 1.65. The Bertz CT molecular complexity index is 851. The van der Waals surface area contributed by atoms with Crippen molar-refractivity contribution in [2.45, 2.75) is 6.18 Å². The number of hydrogen-bond acceptors (Lipinski definition) is 5. The number of nitrogen functional groups attached to an aromatic ring is 1. The van der Waals surface area contributed by atoms with Gasteiger partial charge in [0.25, 0.3) is 5.91 Å². The van der Waals surface area contributed by atoms with Crippen LogP contribution in [0, 0.1) is 5.41 Å². The standard InChI is InChI=1S/C14H13N3O3.C2HF3O2/c15-13(16)8-4-6-9(7-5-8)17-14(20)10-2-1-3-11(18)12(10)19;3-2(4,5)1(6)7/h1-7,18-19H,(H3,15,16)(H,17,20);(H,6,7). The molecule has 7 N–H and O–H groups in total. The smallest absolute Gasteiger partial charge is 0.490 e. The summed E-state index contributed by atoms with van der Waals surface area (Å²) >= 11 is 0. The molecule has 0 spiro atoms. The Balaban J connectivity index is 0.000000445. The van der Waals surface area contributed by atoms with Crippen molar-refractivity contribution in [1.82, 2.24) is 0 Å². The summed E-state index contributed by atoms with van der Waals surface area (Å²) in [6.45, 7) is 0. The Morgan fingerprint density at radius 1 is 1.04 bits per heavy atom. The highest BCUT2D eigenvalue weighted by Gasteiger charge is 2.38. The molecule has 11 heteroatoms. The average molecular weight is 385 g/mol. The molecule has 2 aromatic rings. The normalized spacial score (nSPS) is 10.3. The van der Waals surface area contributed by atoms with Gasteiger partial charge in [0.05, 0.1) is 5.56 Å². The van der Waals surface area contributed by atoms with Gasteiger partial charge in [-0.05, 0) is 36.4 Å². The Hall–Kier alpha value is -3.76. The third kappa shape index (κ3) is 6.23. The van der Waals surface area contributed by atoms with E-state index in [1.807, 2.05) is 0 Å². The van der Waals surface area contributed by atoms with Crippen molar-refractivity contribution in [2.24, 2.45) is 5.73 Å². The molecule has 0 saturated carbocycles. The third-order valence-corrected chi connectivity index (χ3v) is 2.96. The largest absolute Gasteiger partial charge is 0.504 e. The SMILES string of the molecule is N=C(N)c1ccc(NC(=O)c2cccc(O)c2O)cc1.O=C(O)C(F)(F)F. The second-order valence-electron chi connectivity index (χ2n) is 4.92. The number of carboxylic acid groups (broad SMARTS) is 1. The van der Waals surface area contributed by atoms with E-state index in [4.69, 9.17) is 21.0 Å². The summed E-state index contributed by atoms with van der Waals surface area (Å²) in [7, 11) is 0. The van der Waals surface area contributed by atoms with E-state index in [2.05, 4.69) is 5.32 Å². The van der Waals surface area contributed by atoms with Crippen LogP contribution in [-0.2, 0) is 4.79 Å².